The largest absolute Gasteiger partial charge is 0.393 e. The van der Waals surface area contributed by atoms with E-state index in [1.165, 1.54) is 6.33 Å². The minimum Gasteiger partial charge on any atom is -0.393 e. The lowest BCUT2D eigenvalue weighted by Crippen LogP contribution is -2.31. The summed E-state index contributed by atoms with van der Waals surface area (Å²) in [7, 11) is 0. The third-order valence-electron chi connectivity index (χ3n) is 3.58. The molecule has 0 bridgehead atoms. The molecular weight excluding hydrogens is 304 g/mol. The van der Waals surface area contributed by atoms with Crippen LogP contribution in [0.4, 0.5) is 17.3 Å². The highest BCUT2D eigenvalue weighted by Gasteiger charge is 2.11. The molecule has 0 fully saturated rings. The van der Waals surface area contributed by atoms with Crippen LogP contribution in [-0.4, -0.2) is 22.4 Å². The van der Waals surface area contributed by atoms with Crippen molar-refractivity contribution in [3.63, 3.8) is 0 Å². The van der Waals surface area contributed by atoms with Crippen molar-refractivity contribution in [1.29, 1.82) is 0 Å². The van der Waals surface area contributed by atoms with Gasteiger partial charge < -0.3 is 11.1 Å². The Bertz CT molecular complexity index is 701. The number of carbonyl (C=O) groups is 1. The van der Waals surface area contributed by atoms with Crippen molar-refractivity contribution in [3.8, 4) is 0 Å². The van der Waals surface area contributed by atoms with Gasteiger partial charge in [-0.1, -0.05) is 32.0 Å². The molecule has 0 atom stereocenters. The second kappa shape index (κ2) is 8.14. The molecule has 1 aromatic carbocycles. The van der Waals surface area contributed by atoms with Crippen molar-refractivity contribution in [1.82, 2.24) is 15.4 Å². The van der Waals surface area contributed by atoms with Crippen LogP contribution in [0.15, 0.2) is 30.6 Å². The number of nitrogens with two attached hydrogens (primary N) is 1. The van der Waals surface area contributed by atoms with E-state index in [1.807, 2.05) is 25.1 Å². The molecule has 0 saturated carbocycles. The van der Waals surface area contributed by atoms with Crippen LogP contribution in [0.3, 0.4) is 0 Å². The fourth-order valence-corrected chi connectivity index (χ4v) is 2.13. The number of carbonyl (C=O) groups excluding carboxylic acids is 1. The molecule has 24 heavy (non-hydrogen) atoms. The Kier molecular flexibility index (Phi) is 5.95. The summed E-state index contributed by atoms with van der Waals surface area (Å²) in [5, 5.41) is 3.18. The van der Waals surface area contributed by atoms with Crippen LogP contribution in [-0.2, 0) is 0 Å². The minimum absolute atomic E-state index is 0.250. The van der Waals surface area contributed by atoms with Crippen molar-refractivity contribution < 1.29 is 4.79 Å². The molecule has 0 aliphatic rings. The monoisotopic (exact) mass is 328 g/mol. The number of nitrogens with zero attached hydrogens (tertiary/aromatic N) is 2. The molecule has 1 aromatic heterocycles. The van der Waals surface area contributed by atoms with Gasteiger partial charge in [0.2, 0.25) is 0 Å². The Morgan fingerprint density at radius 1 is 1.21 bits per heavy atom. The summed E-state index contributed by atoms with van der Waals surface area (Å²) in [4.78, 5) is 20.4. The van der Waals surface area contributed by atoms with Crippen LogP contribution < -0.4 is 21.9 Å². The van der Waals surface area contributed by atoms with Crippen LogP contribution in [0.2, 0.25) is 0 Å². The Morgan fingerprint density at radius 2 is 1.92 bits per heavy atom. The number of rotatable bonds is 7. The Morgan fingerprint density at radius 3 is 2.62 bits per heavy atom. The number of hydrogen-bond donors (Lipinski definition) is 4. The van der Waals surface area contributed by atoms with Gasteiger partial charge in [0.25, 0.3) is 5.91 Å². The molecule has 2 aromatic rings. The zero-order chi connectivity index (χ0) is 17.5. The predicted molar refractivity (Wildman–Crippen MR) is 96.7 cm³/mol. The lowest BCUT2D eigenvalue weighted by atomic mass is 10.1. The molecule has 0 aliphatic carbocycles. The minimum atomic E-state index is -0.250. The first-order valence-electron chi connectivity index (χ1n) is 7.95. The number of benzene rings is 1. The Hall–Kier alpha value is -2.83. The maximum atomic E-state index is 12.2. The summed E-state index contributed by atoms with van der Waals surface area (Å²) >= 11 is 0. The van der Waals surface area contributed by atoms with E-state index in [0.29, 0.717) is 28.8 Å². The quantitative estimate of drug-likeness (QED) is 0.582. The summed E-state index contributed by atoms with van der Waals surface area (Å²) in [6.45, 7) is 6.96. The molecule has 1 amide bonds. The van der Waals surface area contributed by atoms with E-state index in [-0.39, 0.29) is 5.91 Å². The van der Waals surface area contributed by atoms with Crippen LogP contribution in [0, 0.1) is 12.8 Å². The summed E-state index contributed by atoms with van der Waals surface area (Å²) in [6.07, 6.45) is 2.41. The van der Waals surface area contributed by atoms with Crippen molar-refractivity contribution in [2.75, 3.05) is 23.0 Å². The third kappa shape index (κ3) is 4.58. The summed E-state index contributed by atoms with van der Waals surface area (Å²) < 4.78 is 0. The summed E-state index contributed by atoms with van der Waals surface area (Å²) in [5.41, 5.74) is 13.3. The number of hydrogen-bond acceptors (Lipinski definition) is 6. The molecule has 7 nitrogen and oxygen atoms in total. The Labute approximate surface area is 142 Å². The molecule has 7 heteroatoms. The summed E-state index contributed by atoms with van der Waals surface area (Å²) in [6, 6.07) is 7.34. The number of amides is 1. The SMILES string of the molecule is Cc1ccccc1C(=O)NNc1ncnc(NCCC(C)C)c1N. The molecule has 0 aliphatic heterocycles. The van der Waals surface area contributed by atoms with E-state index in [9.17, 15) is 4.79 Å². The predicted octanol–water partition coefficient (Wildman–Crippen LogP) is 2.58. The van der Waals surface area contributed by atoms with Crippen LogP contribution in [0.1, 0.15) is 36.2 Å². The van der Waals surface area contributed by atoms with E-state index in [1.54, 1.807) is 6.07 Å². The number of anilines is 3. The Balaban J connectivity index is 2.00. The first kappa shape index (κ1) is 17.5. The molecule has 5 N–H and O–H groups in total. The third-order valence-corrected chi connectivity index (χ3v) is 3.58. The van der Waals surface area contributed by atoms with E-state index in [4.69, 9.17) is 5.73 Å². The fourth-order valence-electron chi connectivity index (χ4n) is 2.13. The van der Waals surface area contributed by atoms with Gasteiger partial charge in [-0.2, -0.15) is 0 Å². The van der Waals surface area contributed by atoms with Gasteiger partial charge in [-0.25, -0.2) is 9.97 Å². The van der Waals surface area contributed by atoms with E-state index < -0.39 is 0 Å². The molecule has 1 heterocycles. The highest BCUT2D eigenvalue weighted by molar-refractivity contribution is 5.96. The van der Waals surface area contributed by atoms with Gasteiger partial charge in [-0.15, -0.1) is 0 Å². The number of aromatic nitrogens is 2. The van der Waals surface area contributed by atoms with Gasteiger partial charge >= 0.3 is 0 Å². The van der Waals surface area contributed by atoms with Gasteiger partial charge in [-0.05, 0) is 30.9 Å². The van der Waals surface area contributed by atoms with Gasteiger partial charge in [0.15, 0.2) is 11.6 Å². The average Bonchev–Trinajstić information content (AvgIpc) is 2.55. The second-order valence-corrected chi connectivity index (χ2v) is 5.99. The average molecular weight is 328 g/mol. The molecule has 0 radical (unpaired) electrons. The number of aryl methyl sites for hydroxylation is 1. The van der Waals surface area contributed by atoms with Crippen LogP contribution >= 0.6 is 0 Å². The van der Waals surface area contributed by atoms with Crippen molar-refractivity contribution in [3.05, 3.63) is 41.7 Å². The first-order valence-corrected chi connectivity index (χ1v) is 7.95. The molecule has 2 rings (SSSR count). The van der Waals surface area contributed by atoms with E-state index in [2.05, 4.69) is 40.0 Å². The topological polar surface area (TPSA) is 105 Å². The zero-order valence-corrected chi connectivity index (χ0v) is 14.3. The van der Waals surface area contributed by atoms with Crippen molar-refractivity contribution in [2.45, 2.75) is 27.2 Å². The first-order chi connectivity index (χ1) is 11.5. The van der Waals surface area contributed by atoms with Crippen LogP contribution in [0.5, 0.6) is 0 Å². The molecular formula is C17H24N6O. The highest BCUT2D eigenvalue weighted by Crippen LogP contribution is 2.22. The zero-order valence-electron chi connectivity index (χ0n) is 14.3. The van der Waals surface area contributed by atoms with Gasteiger partial charge in [0.05, 0.1) is 0 Å². The molecule has 128 valence electrons. The van der Waals surface area contributed by atoms with E-state index >= 15 is 0 Å². The smallest absolute Gasteiger partial charge is 0.269 e. The summed E-state index contributed by atoms with van der Waals surface area (Å²) in [5.74, 6) is 1.25. The van der Waals surface area contributed by atoms with Crippen molar-refractivity contribution in [2.24, 2.45) is 5.92 Å². The number of nitrogen functional groups attached to an aromatic ring is 1. The maximum Gasteiger partial charge on any atom is 0.269 e. The normalized spacial score (nSPS) is 10.5. The van der Waals surface area contributed by atoms with Gasteiger partial charge in [0.1, 0.15) is 12.0 Å². The van der Waals surface area contributed by atoms with Gasteiger partial charge in [0, 0.05) is 12.1 Å². The van der Waals surface area contributed by atoms with Gasteiger partial charge in [-0.3, -0.25) is 15.6 Å². The second-order valence-electron chi connectivity index (χ2n) is 5.99. The number of hydrazine groups is 1. The fraction of sp³-hybridized carbons (Fsp3) is 0.353. The molecule has 0 saturated heterocycles. The molecule has 0 spiro atoms. The molecule has 0 unspecified atom stereocenters. The standard InChI is InChI=1S/C17H24N6O/c1-11(2)8-9-19-15-14(18)16(21-10-20-15)22-23-17(24)13-7-5-4-6-12(13)3/h4-7,10-11H,8-9,18H2,1-3H3,(H,23,24)(H2,19,20,21,22). The highest BCUT2D eigenvalue weighted by atomic mass is 16.2. The van der Waals surface area contributed by atoms with E-state index in [0.717, 1.165) is 18.5 Å². The van der Waals surface area contributed by atoms with Crippen molar-refractivity contribution >= 4 is 23.2 Å². The van der Waals surface area contributed by atoms with Crippen LogP contribution in [0.25, 0.3) is 0 Å². The lowest BCUT2D eigenvalue weighted by molar-refractivity contribution is 0.0962. The maximum absolute atomic E-state index is 12.2. The lowest BCUT2D eigenvalue weighted by Gasteiger charge is -2.14. The number of nitrogens with one attached hydrogen (secondary N) is 3.